The molecule has 0 aromatic carbocycles. The summed E-state index contributed by atoms with van der Waals surface area (Å²) in [7, 11) is 2.03. The predicted molar refractivity (Wildman–Crippen MR) is 109 cm³/mol. The molecule has 1 aromatic heterocycles. The highest BCUT2D eigenvalue weighted by Crippen LogP contribution is 2.37. The molecule has 0 radical (unpaired) electrons. The lowest BCUT2D eigenvalue weighted by Gasteiger charge is -2.36. The van der Waals surface area contributed by atoms with Crippen LogP contribution >= 0.6 is 0 Å². The molecule has 0 amide bonds. The number of hydrogen-bond acceptors (Lipinski definition) is 5. The molecule has 0 spiro atoms. The lowest BCUT2D eigenvalue weighted by Crippen LogP contribution is -2.47. The summed E-state index contributed by atoms with van der Waals surface area (Å²) in [6, 6.07) is 2.28. The normalized spacial score (nSPS) is 19.6. The van der Waals surface area contributed by atoms with E-state index in [1.54, 1.807) is 0 Å². The van der Waals surface area contributed by atoms with Crippen molar-refractivity contribution in [3.05, 3.63) is 17.6 Å². The van der Waals surface area contributed by atoms with Crippen LogP contribution in [0, 0.1) is 0 Å². The smallest absolute Gasteiger partial charge is 0.136 e. The first-order valence-corrected chi connectivity index (χ1v) is 10.5. The number of rotatable bonds is 7. The molecule has 1 saturated heterocycles. The fraction of sp³-hybridized carbons (Fsp3) is 0.810. The minimum Gasteiger partial charge on any atom is -0.354 e. The van der Waals surface area contributed by atoms with Gasteiger partial charge in [-0.3, -0.25) is 4.90 Å². The van der Waals surface area contributed by atoms with Crippen LogP contribution in [0.25, 0.3) is 0 Å². The Hall–Kier alpha value is -1.20. The van der Waals surface area contributed by atoms with Gasteiger partial charge in [0, 0.05) is 49.3 Å². The van der Waals surface area contributed by atoms with Crippen molar-refractivity contribution in [1.82, 2.24) is 20.2 Å². The van der Waals surface area contributed by atoms with Gasteiger partial charge in [0.05, 0.1) is 0 Å². The highest BCUT2D eigenvalue weighted by Gasteiger charge is 2.27. The van der Waals surface area contributed by atoms with Crippen molar-refractivity contribution < 1.29 is 0 Å². The van der Waals surface area contributed by atoms with Crippen LogP contribution in [0.3, 0.4) is 0 Å². The van der Waals surface area contributed by atoms with Gasteiger partial charge in [-0.1, -0.05) is 27.2 Å². The van der Waals surface area contributed by atoms with E-state index in [0.29, 0.717) is 5.92 Å². The summed E-state index contributed by atoms with van der Waals surface area (Å²) in [5.74, 6) is 2.82. The number of nitrogens with one attached hydrogen (secondary N) is 1. The molecule has 26 heavy (non-hydrogen) atoms. The number of unbranched alkanes of at least 4 members (excludes halogenated alkanes) is 1. The second kappa shape index (κ2) is 8.66. The Labute approximate surface area is 159 Å². The van der Waals surface area contributed by atoms with Crippen LogP contribution in [0.15, 0.2) is 6.07 Å². The van der Waals surface area contributed by atoms with Crippen molar-refractivity contribution in [3.8, 4) is 0 Å². The summed E-state index contributed by atoms with van der Waals surface area (Å²) >= 11 is 0. The molecule has 5 heteroatoms. The molecule has 3 rings (SSSR count). The summed E-state index contributed by atoms with van der Waals surface area (Å²) in [6.45, 7) is 13.5. The molecular formula is C21H37N5. The van der Waals surface area contributed by atoms with Crippen molar-refractivity contribution in [1.29, 1.82) is 0 Å². The van der Waals surface area contributed by atoms with E-state index in [-0.39, 0.29) is 5.41 Å². The van der Waals surface area contributed by atoms with Crippen molar-refractivity contribution in [2.75, 3.05) is 51.2 Å². The zero-order valence-electron chi connectivity index (χ0n) is 17.2. The molecule has 1 aliphatic carbocycles. The van der Waals surface area contributed by atoms with E-state index in [2.05, 4.69) is 42.0 Å². The summed E-state index contributed by atoms with van der Waals surface area (Å²) in [6.07, 6.45) is 6.48. The van der Waals surface area contributed by atoms with Gasteiger partial charge in [0.15, 0.2) is 0 Å². The standard InChI is InChI=1S/C21H37N5/c1-21(2,3)20-23-18(17-8-7-9-17)16-19(24-20)26-14-12-25(13-15-26)11-6-5-10-22-4/h16-17,22H,5-15H2,1-4H3. The van der Waals surface area contributed by atoms with Crippen LogP contribution in [0.2, 0.25) is 0 Å². The zero-order valence-corrected chi connectivity index (χ0v) is 17.2. The Morgan fingerprint density at radius 1 is 1.08 bits per heavy atom. The molecule has 2 aliphatic rings. The third-order valence-corrected chi connectivity index (χ3v) is 5.77. The Balaban J connectivity index is 1.63. The Bertz CT molecular complexity index is 568. The second-order valence-corrected chi connectivity index (χ2v) is 8.99. The highest BCUT2D eigenvalue weighted by molar-refractivity contribution is 5.42. The Morgan fingerprint density at radius 2 is 1.81 bits per heavy atom. The van der Waals surface area contributed by atoms with E-state index in [4.69, 9.17) is 9.97 Å². The molecule has 0 bridgehead atoms. The molecule has 0 unspecified atom stereocenters. The third kappa shape index (κ3) is 4.95. The largest absolute Gasteiger partial charge is 0.354 e. The molecule has 1 N–H and O–H groups in total. The van der Waals surface area contributed by atoms with Gasteiger partial charge in [0.2, 0.25) is 0 Å². The Kier molecular flexibility index (Phi) is 6.51. The van der Waals surface area contributed by atoms with Crippen LogP contribution in [0.5, 0.6) is 0 Å². The Morgan fingerprint density at radius 3 is 2.38 bits per heavy atom. The lowest BCUT2D eigenvalue weighted by molar-refractivity contribution is 0.252. The van der Waals surface area contributed by atoms with Crippen LogP contribution in [0.4, 0.5) is 5.82 Å². The second-order valence-electron chi connectivity index (χ2n) is 8.99. The number of anilines is 1. The first-order valence-electron chi connectivity index (χ1n) is 10.5. The van der Waals surface area contributed by atoms with Gasteiger partial charge < -0.3 is 10.2 Å². The van der Waals surface area contributed by atoms with Crippen LogP contribution in [-0.4, -0.2) is 61.2 Å². The molecule has 1 aliphatic heterocycles. The number of aromatic nitrogens is 2. The van der Waals surface area contributed by atoms with E-state index >= 15 is 0 Å². The molecule has 146 valence electrons. The topological polar surface area (TPSA) is 44.3 Å². The summed E-state index contributed by atoms with van der Waals surface area (Å²) in [5.41, 5.74) is 1.28. The summed E-state index contributed by atoms with van der Waals surface area (Å²) < 4.78 is 0. The van der Waals surface area contributed by atoms with Crippen LogP contribution in [0.1, 0.15) is 70.3 Å². The van der Waals surface area contributed by atoms with E-state index in [1.807, 2.05) is 7.05 Å². The SMILES string of the molecule is CNCCCCN1CCN(c2cc(C3CCC3)nc(C(C)(C)C)n2)CC1. The number of hydrogen-bond donors (Lipinski definition) is 1. The molecule has 2 heterocycles. The highest BCUT2D eigenvalue weighted by atomic mass is 15.3. The van der Waals surface area contributed by atoms with Crippen LogP contribution < -0.4 is 10.2 Å². The average molecular weight is 360 g/mol. The fourth-order valence-electron chi connectivity index (χ4n) is 3.70. The third-order valence-electron chi connectivity index (χ3n) is 5.77. The lowest BCUT2D eigenvalue weighted by atomic mass is 9.82. The number of nitrogens with zero attached hydrogens (tertiary/aromatic N) is 4. The van der Waals surface area contributed by atoms with Gasteiger partial charge in [-0.2, -0.15) is 0 Å². The molecule has 0 atom stereocenters. The first-order chi connectivity index (χ1) is 12.5. The minimum absolute atomic E-state index is 0.00361. The van der Waals surface area contributed by atoms with E-state index in [9.17, 15) is 0 Å². The maximum atomic E-state index is 4.97. The minimum atomic E-state index is 0.00361. The van der Waals surface area contributed by atoms with E-state index in [0.717, 1.165) is 44.4 Å². The summed E-state index contributed by atoms with van der Waals surface area (Å²) in [4.78, 5) is 15.0. The average Bonchev–Trinajstić information content (AvgIpc) is 2.57. The fourth-order valence-corrected chi connectivity index (χ4v) is 3.70. The predicted octanol–water partition coefficient (Wildman–Crippen LogP) is 3.16. The van der Waals surface area contributed by atoms with Crippen molar-refractivity contribution >= 4 is 5.82 Å². The quantitative estimate of drug-likeness (QED) is 0.758. The van der Waals surface area contributed by atoms with Gasteiger partial charge >= 0.3 is 0 Å². The molecule has 1 saturated carbocycles. The van der Waals surface area contributed by atoms with Crippen molar-refractivity contribution in [2.45, 2.75) is 64.2 Å². The van der Waals surface area contributed by atoms with Gasteiger partial charge in [-0.15, -0.1) is 0 Å². The number of piperazine rings is 1. The summed E-state index contributed by atoms with van der Waals surface area (Å²) in [5, 5.41) is 3.23. The van der Waals surface area contributed by atoms with Gasteiger partial charge in [-0.05, 0) is 45.8 Å². The maximum absolute atomic E-state index is 4.97. The van der Waals surface area contributed by atoms with Gasteiger partial charge in [-0.25, -0.2) is 9.97 Å². The first kappa shape index (κ1) is 19.6. The monoisotopic (exact) mass is 359 g/mol. The maximum Gasteiger partial charge on any atom is 0.136 e. The molecule has 5 nitrogen and oxygen atoms in total. The van der Waals surface area contributed by atoms with Gasteiger partial charge in [0.25, 0.3) is 0 Å². The van der Waals surface area contributed by atoms with Crippen molar-refractivity contribution in [3.63, 3.8) is 0 Å². The molecule has 1 aromatic rings. The molecule has 2 fully saturated rings. The van der Waals surface area contributed by atoms with Gasteiger partial charge in [0.1, 0.15) is 11.6 Å². The van der Waals surface area contributed by atoms with E-state index < -0.39 is 0 Å². The van der Waals surface area contributed by atoms with E-state index in [1.165, 1.54) is 44.3 Å². The zero-order chi connectivity index (χ0) is 18.6. The van der Waals surface area contributed by atoms with Crippen molar-refractivity contribution in [2.24, 2.45) is 0 Å². The molecular weight excluding hydrogens is 322 g/mol. The van der Waals surface area contributed by atoms with Crippen LogP contribution in [-0.2, 0) is 5.41 Å².